The number of amides is 2. The highest BCUT2D eigenvalue weighted by Gasteiger charge is 2.54. The summed E-state index contributed by atoms with van der Waals surface area (Å²) < 4.78 is 7.56. The molecule has 0 saturated carbocycles. The number of hydrogen-bond acceptors (Lipinski definition) is 10. The Morgan fingerprint density at radius 1 is 1.39 bits per heavy atom. The van der Waals surface area contributed by atoms with Gasteiger partial charge in [0.25, 0.3) is 17.3 Å². The molecule has 0 spiro atoms. The summed E-state index contributed by atoms with van der Waals surface area (Å²) in [7, 11) is 0. The lowest BCUT2D eigenvalue weighted by atomic mass is 10.0. The minimum absolute atomic E-state index is 0.0226. The third-order valence-electron chi connectivity index (χ3n) is 6.03. The number of anilines is 1. The molecule has 0 aromatic carbocycles. The summed E-state index contributed by atoms with van der Waals surface area (Å²) in [5.41, 5.74) is 7.64. The van der Waals surface area contributed by atoms with Crippen molar-refractivity contribution in [3.63, 3.8) is 0 Å². The molecule has 0 aliphatic carbocycles. The highest BCUT2D eigenvalue weighted by molar-refractivity contribution is 8.00. The van der Waals surface area contributed by atoms with Crippen molar-refractivity contribution >= 4 is 52.3 Å². The zero-order valence-electron chi connectivity index (χ0n) is 20.5. The van der Waals surface area contributed by atoms with Gasteiger partial charge in [-0.05, 0) is 19.9 Å². The van der Waals surface area contributed by atoms with Gasteiger partial charge >= 0.3 is 5.97 Å². The molecule has 3 aromatic heterocycles. The van der Waals surface area contributed by atoms with Crippen LogP contribution in [0.5, 0.6) is 0 Å². The molecule has 5 heterocycles. The summed E-state index contributed by atoms with van der Waals surface area (Å²) in [5.74, 6) is -1.31. The fourth-order valence-electron chi connectivity index (χ4n) is 4.35. The minimum Gasteiger partial charge on any atom is -0.477 e. The van der Waals surface area contributed by atoms with Gasteiger partial charge < -0.3 is 25.4 Å². The van der Waals surface area contributed by atoms with Crippen LogP contribution < -0.4 is 15.6 Å². The molecule has 0 bridgehead atoms. The van der Waals surface area contributed by atoms with Gasteiger partial charge in [-0.15, -0.1) is 11.8 Å². The second-order valence-corrected chi connectivity index (χ2v) is 9.65. The number of fused-ring (bicyclic) bond motifs is 2. The third kappa shape index (κ3) is 4.53. The number of β-lactam (4-membered cyclic amide) rings is 1. The number of carboxylic acids is 1. The first kappa shape index (κ1) is 25.2. The van der Waals surface area contributed by atoms with Crippen molar-refractivity contribution in [2.45, 2.75) is 31.8 Å². The summed E-state index contributed by atoms with van der Waals surface area (Å²) in [4.78, 5) is 52.5. The largest absolute Gasteiger partial charge is 0.477 e. The number of furan rings is 1. The number of nitrogen functional groups attached to an aromatic ring is 1. The predicted octanol–water partition coefficient (Wildman–Crippen LogP) is 0.580. The van der Waals surface area contributed by atoms with Crippen molar-refractivity contribution in [2.75, 3.05) is 18.1 Å². The van der Waals surface area contributed by atoms with Gasteiger partial charge in [0.2, 0.25) is 5.95 Å². The Labute approximate surface area is 220 Å². The molecule has 1 fully saturated rings. The average molecular weight is 539 g/mol. The number of aryl methyl sites for hydroxylation is 1. The molecule has 14 heteroatoms. The fraction of sp³-hybridized carbons (Fsp3) is 0.292. The van der Waals surface area contributed by atoms with Gasteiger partial charge in [-0.3, -0.25) is 14.5 Å². The Balaban J connectivity index is 1.38. The van der Waals surface area contributed by atoms with E-state index in [-0.39, 0.29) is 36.1 Å². The molecule has 196 valence electrons. The molecule has 0 radical (unpaired) electrons. The molecule has 1 unspecified atom stereocenters. The smallest absolute Gasteiger partial charge is 0.352 e. The first-order valence-electron chi connectivity index (χ1n) is 11.7. The topological polar surface area (TPSA) is 177 Å². The van der Waals surface area contributed by atoms with E-state index in [1.165, 1.54) is 29.1 Å². The maximum absolute atomic E-state index is 13.1. The van der Waals surface area contributed by atoms with Gasteiger partial charge in [0.05, 0.1) is 6.07 Å². The molecule has 1 saturated heterocycles. The number of nitrogens with zero attached hydrogens (tertiary/aromatic N) is 5. The van der Waals surface area contributed by atoms with Gasteiger partial charge in [0.1, 0.15) is 29.5 Å². The van der Waals surface area contributed by atoms with Gasteiger partial charge in [0.15, 0.2) is 24.0 Å². The van der Waals surface area contributed by atoms with Gasteiger partial charge in [-0.1, -0.05) is 5.16 Å². The Kier molecular flexibility index (Phi) is 6.72. The molecule has 3 aromatic rings. The quantitative estimate of drug-likeness (QED) is 0.159. The first-order valence-corrected chi connectivity index (χ1v) is 12.7. The van der Waals surface area contributed by atoms with E-state index in [2.05, 4.69) is 20.4 Å². The molecule has 5 rings (SSSR count). The van der Waals surface area contributed by atoms with Crippen LogP contribution in [0.15, 0.2) is 57.6 Å². The van der Waals surface area contributed by atoms with E-state index in [4.69, 9.17) is 15.0 Å². The number of oxime groups is 1. The lowest BCUT2D eigenvalue weighted by Gasteiger charge is -2.49. The predicted molar refractivity (Wildman–Crippen MR) is 135 cm³/mol. The summed E-state index contributed by atoms with van der Waals surface area (Å²) in [6.07, 6.45) is 4.48. The molecular weight excluding hydrogens is 514 g/mol. The number of rotatable bonds is 8. The van der Waals surface area contributed by atoms with E-state index in [1.807, 2.05) is 35.9 Å². The maximum Gasteiger partial charge on any atom is 0.352 e. The van der Waals surface area contributed by atoms with Crippen molar-refractivity contribution in [2.24, 2.45) is 5.16 Å². The molecule has 2 aliphatic heterocycles. The van der Waals surface area contributed by atoms with Gasteiger partial charge in [0, 0.05) is 35.3 Å². The Bertz CT molecular complexity index is 1500. The number of thioether (sulfide) groups is 1. The van der Waals surface area contributed by atoms with Crippen molar-refractivity contribution in [3.05, 3.63) is 59.4 Å². The highest BCUT2D eigenvalue weighted by atomic mass is 32.2. The van der Waals surface area contributed by atoms with Crippen molar-refractivity contribution in [1.82, 2.24) is 20.2 Å². The summed E-state index contributed by atoms with van der Waals surface area (Å²) in [5, 5.41) is 16.0. The zero-order chi connectivity index (χ0) is 27.0. The van der Waals surface area contributed by atoms with Crippen LogP contribution in [0.3, 0.4) is 0 Å². The number of aromatic nitrogens is 3. The van der Waals surface area contributed by atoms with Crippen LogP contribution in [0.1, 0.15) is 18.2 Å². The SMILES string of the molecule is CCON=C(C(=O)NC1C(=O)N2C(C(=O)O)=C(C[n+]3cccc4oc(C)cc43)CS[C@@H]12)c1cnc(N)nc1. The number of nitrogens with one attached hydrogen (secondary N) is 1. The number of carbonyl (C=O) groups is 3. The van der Waals surface area contributed by atoms with Crippen LogP contribution in [-0.4, -0.2) is 67.2 Å². The number of carboxylic acid groups (broad SMARTS) is 1. The monoisotopic (exact) mass is 538 g/mol. The number of aliphatic carboxylic acids is 1. The molecule has 13 nitrogen and oxygen atoms in total. The number of hydrogen-bond donors (Lipinski definition) is 3. The molecule has 2 amide bonds. The Hall–Kier alpha value is -4.46. The standard InChI is InChI=1S/C24H23N7O6S/c1-3-36-29-17(13-8-26-24(25)27-9-13)20(32)28-18-21(33)31-19(23(34)35)14(11-38-22(18)31)10-30-6-4-5-16-15(30)7-12(2)37-16/h4-9,18,22H,3,10-11H2,1-2H3,(H3-,25,26,27,28,29,32,34,35)/p+1/t18?,22-/m0/s1. The number of nitrogens with two attached hydrogens (primary N) is 1. The molecule has 4 N–H and O–H groups in total. The lowest BCUT2D eigenvalue weighted by molar-refractivity contribution is -0.663. The first-order chi connectivity index (χ1) is 18.3. The van der Waals surface area contributed by atoms with Crippen LogP contribution in [0.4, 0.5) is 5.95 Å². The van der Waals surface area contributed by atoms with Gasteiger partial charge in [-0.25, -0.2) is 14.8 Å². The molecule has 38 heavy (non-hydrogen) atoms. The van der Waals surface area contributed by atoms with E-state index in [0.717, 1.165) is 11.3 Å². The molecule has 2 aliphatic rings. The normalized spacial score (nSPS) is 19.3. The lowest BCUT2D eigenvalue weighted by Crippen LogP contribution is -2.71. The Morgan fingerprint density at radius 3 is 2.87 bits per heavy atom. The van der Waals surface area contributed by atoms with Crippen LogP contribution in [0.2, 0.25) is 0 Å². The van der Waals surface area contributed by atoms with E-state index >= 15 is 0 Å². The number of carbonyl (C=O) groups excluding carboxylic acids is 2. The second kappa shape index (κ2) is 10.1. The van der Waals surface area contributed by atoms with Crippen molar-refractivity contribution in [3.8, 4) is 0 Å². The second-order valence-electron chi connectivity index (χ2n) is 8.55. The minimum atomic E-state index is -1.21. The van der Waals surface area contributed by atoms with E-state index in [0.29, 0.717) is 16.9 Å². The van der Waals surface area contributed by atoms with E-state index in [9.17, 15) is 19.5 Å². The molecule has 2 atom stereocenters. The van der Waals surface area contributed by atoms with E-state index < -0.39 is 29.2 Å². The summed E-state index contributed by atoms with van der Waals surface area (Å²) in [6, 6.07) is 4.59. The number of pyridine rings is 1. The van der Waals surface area contributed by atoms with Crippen LogP contribution in [0, 0.1) is 6.92 Å². The third-order valence-corrected chi connectivity index (χ3v) is 7.37. The Morgan fingerprint density at radius 2 is 2.16 bits per heavy atom. The summed E-state index contributed by atoms with van der Waals surface area (Å²) >= 11 is 1.37. The highest BCUT2D eigenvalue weighted by Crippen LogP contribution is 2.40. The summed E-state index contributed by atoms with van der Waals surface area (Å²) in [6.45, 7) is 4.02. The van der Waals surface area contributed by atoms with Crippen LogP contribution in [0.25, 0.3) is 11.1 Å². The zero-order valence-corrected chi connectivity index (χ0v) is 21.3. The maximum atomic E-state index is 13.1. The van der Waals surface area contributed by atoms with Gasteiger partial charge in [-0.2, -0.15) is 4.57 Å². The average Bonchev–Trinajstić information content (AvgIpc) is 3.29. The van der Waals surface area contributed by atoms with E-state index in [1.54, 1.807) is 6.92 Å². The van der Waals surface area contributed by atoms with Crippen LogP contribution in [-0.2, 0) is 25.8 Å². The van der Waals surface area contributed by atoms with Crippen molar-refractivity contribution < 1.29 is 33.3 Å². The van der Waals surface area contributed by atoms with Crippen molar-refractivity contribution in [1.29, 1.82) is 0 Å². The van der Waals surface area contributed by atoms with Crippen LogP contribution >= 0.6 is 11.8 Å². The molecular formula is C24H24N7O6S+. The fourth-order valence-corrected chi connectivity index (χ4v) is 5.69.